The minimum absolute atomic E-state index is 0.00426. The Labute approximate surface area is 194 Å². The molecule has 0 saturated heterocycles. The normalized spacial score (nSPS) is 13.9. The molecule has 0 heterocycles. The Morgan fingerprint density at radius 2 is 1.38 bits per heavy atom. The van der Waals surface area contributed by atoms with E-state index in [1.54, 1.807) is 0 Å². The Morgan fingerprint density at radius 1 is 0.853 bits per heavy atom. The first-order valence-electron chi connectivity index (χ1n) is 10.2. The van der Waals surface area contributed by atoms with Gasteiger partial charge in [0, 0.05) is 13.0 Å². The zero-order valence-corrected chi connectivity index (χ0v) is 18.7. The third-order valence-corrected chi connectivity index (χ3v) is 4.35. The molecule has 0 aromatic carbocycles. The lowest BCUT2D eigenvalue weighted by Crippen LogP contribution is -2.57. The van der Waals surface area contributed by atoms with Gasteiger partial charge in [0.1, 0.15) is 18.1 Å². The van der Waals surface area contributed by atoms with Crippen molar-refractivity contribution >= 4 is 41.5 Å². The lowest BCUT2D eigenvalue weighted by Gasteiger charge is -2.24. The zero-order chi connectivity index (χ0) is 26.4. The Morgan fingerprint density at radius 3 is 1.88 bits per heavy atom. The van der Waals surface area contributed by atoms with Crippen molar-refractivity contribution in [1.82, 2.24) is 16.0 Å². The average Bonchev–Trinajstić information content (AvgIpc) is 2.71. The van der Waals surface area contributed by atoms with E-state index in [-0.39, 0.29) is 38.2 Å². The Hall–Kier alpha value is -3.95. The molecule has 4 unspecified atom stereocenters. The van der Waals surface area contributed by atoms with E-state index >= 15 is 0 Å². The van der Waals surface area contributed by atoms with E-state index in [0.717, 1.165) is 0 Å². The number of nitrogens with one attached hydrogen (secondary N) is 3. The van der Waals surface area contributed by atoms with E-state index in [1.165, 1.54) is 6.92 Å². The number of rotatable bonds is 16. The van der Waals surface area contributed by atoms with Crippen LogP contribution in [0.3, 0.4) is 0 Å². The van der Waals surface area contributed by atoms with Gasteiger partial charge in [0.05, 0.1) is 12.5 Å². The molecule has 0 radical (unpaired) electrons. The van der Waals surface area contributed by atoms with Gasteiger partial charge in [-0.2, -0.15) is 0 Å². The number of carboxylic acid groups (broad SMARTS) is 2. The summed E-state index contributed by atoms with van der Waals surface area (Å²) in [5, 5.41) is 24.6. The topological polar surface area (TPSA) is 295 Å². The number of carbonyl (C=O) groups excluding carboxylic acids is 4. The molecule has 192 valence electrons. The predicted molar refractivity (Wildman–Crippen MR) is 118 cm³/mol. The van der Waals surface area contributed by atoms with E-state index in [0.29, 0.717) is 0 Å². The lowest BCUT2D eigenvalue weighted by atomic mass is 10.1. The molecule has 0 aromatic rings. The van der Waals surface area contributed by atoms with Crippen LogP contribution in [0.1, 0.15) is 39.0 Å². The fourth-order valence-corrected chi connectivity index (χ4v) is 2.54. The van der Waals surface area contributed by atoms with E-state index in [1.807, 2.05) is 0 Å². The number of aliphatic carboxylic acids is 2. The van der Waals surface area contributed by atoms with Crippen molar-refractivity contribution in [2.75, 3.05) is 6.54 Å². The number of carbonyl (C=O) groups is 6. The fraction of sp³-hybridized carbons (Fsp3) is 0.611. The summed E-state index contributed by atoms with van der Waals surface area (Å²) in [6, 6.07) is -5.37. The highest BCUT2D eigenvalue weighted by Gasteiger charge is 2.29. The highest BCUT2D eigenvalue weighted by molar-refractivity contribution is 5.95. The monoisotopic (exact) mass is 488 g/mol. The smallest absolute Gasteiger partial charge is 0.325 e. The molecule has 13 N–H and O–H groups in total. The van der Waals surface area contributed by atoms with Crippen LogP contribution in [-0.4, -0.2) is 82.5 Å². The summed E-state index contributed by atoms with van der Waals surface area (Å²) in [7, 11) is 0. The van der Waals surface area contributed by atoms with Crippen LogP contribution in [0.4, 0.5) is 0 Å². The van der Waals surface area contributed by atoms with Crippen molar-refractivity contribution in [1.29, 1.82) is 0 Å². The number of primary amides is 1. The third kappa shape index (κ3) is 12.8. The van der Waals surface area contributed by atoms with Gasteiger partial charge in [-0.25, -0.2) is 0 Å². The molecule has 34 heavy (non-hydrogen) atoms. The predicted octanol–water partition coefficient (Wildman–Crippen LogP) is -4.33. The molecule has 16 nitrogen and oxygen atoms in total. The van der Waals surface area contributed by atoms with Crippen LogP contribution in [0.5, 0.6) is 0 Å². The van der Waals surface area contributed by atoms with Crippen LogP contribution in [0.25, 0.3) is 0 Å². The standard InChI is InChI=1S/C18H32N8O8/c1-8(17(33)34)24-15(31)10(3-2-6-23-18(21)22)26-16(32)11(4-5-12(20)27)25-14(30)9(19)7-13(28)29/h8-11H,2-7,19H2,1H3,(H2,20,27)(H,24,31)(H,25,30)(H,26,32)(H,28,29)(H,33,34)(H4,21,22,23). The third-order valence-electron chi connectivity index (χ3n) is 4.35. The van der Waals surface area contributed by atoms with Crippen LogP contribution < -0.4 is 38.9 Å². The summed E-state index contributed by atoms with van der Waals surface area (Å²) < 4.78 is 0. The van der Waals surface area contributed by atoms with Crippen molar-refractivity contribution < 1.29 is 39.0 Å². The molecular weight excluding hydrogens is 456 g/mol. The van der Waals surface area contributed by atoms with Crippen molar-refractivity contribution in [2.24, 2.45) is 27.9 Å². The van der Waals surface area contributed by atoms with Crippen LogP contribution >= 0.6 is 0 Å². The highest BCUT2D eigenvalue weighted by atomic mass is 16.4. The van der Waals surface area contributed by atoms with Crippen molar-refractivity contribution in [3.8, 4) is 0 Å². The zero-order valence-electron chi connectivity index (χ0n) is 18.7. The number of nitrogens with zero attached hydrogens (tertiary/aromatic N) is 1. The Balaban J connectivity index is 5.52. The van der Waals surface area contributed by atoms with Gasteiger partial charge in [0.15, 0.2) is 5.96 Å². The van der Waals surface area contributed by atoms with Crippen LogP contribution in [0.2, 0.25) is 0 Å². The summed E-state index contributed by atoms with van der Waals surface area (Å²) in [5.74, 6) is -6.30. The molecule has 0 spiro atoms. The van der Waals surface area contributed by atoms with Crippen LogP contribution in [0.15, 0.2) is 4.99 Å². The minimum atomic E-state index is -1.48. The molecule has 0 aliphatic rings. The second-order valence-corrected chi connectivity index (χ2v) is 7.35. The summed E-state index contributed by atoms with van der Waals surface area (Å²) in [5.41, 5.74) is 21.1. The molecule has 0 aliphatic carbocycles. The van der Waals surface area contributed by atoms with E-state index in [2.05, 4.69) is 20.9 Å². The van der Waals surface area contributed by atoms with Gasteiger partial charge < -0.3 is 49.1 Å². The lowest BCUT2D eigenvalue weighted by molar-refractivity contribution is -0.141. The summed E-state index contributed by atoms with van der Waals surface area (Å²) >= 11 is 0. The van der Waals surface area contributed by atoms with Crippen LogP contribution in [0, 0.1) is 0 Å². The van der Waals surface area contributed by atoms with Gasteiger partial charge in [-0.15, -0.1) is 0 Å². The number of hydrogen-bond acceptors (Lipinski definition) is 8. The minimum Gasteiger partial charge on any atom is -0.481 e. The number of nitrogens with two attached hydrogens (primary N) is 4. The molecule has 0 aliphatic heterocycles. The molecule has 4 atom stereocenters. The average molecular weight is 489 g/mol. The Kier molecular flexibility index (Phi) is 13.2. The van der Waals surface area contributed by atoms with Gasteiger partial charge in [-0.3, -0.25) is 33.8 Å². The number of hydrogen-bond donors (Lipinski definition) is 9. The molecule has 0 saturated carbocycles. The largest absolute Gasteiger partial charge is 0.481 e. The van der Waals surface area contributed by atoms with Gasteiger partial charge in [0.25, 0.3) is 0 Å². The van der Waals surface area contributed by atoms with E-state index < -0.39 is 66.2 Å². The molecule has 0 rings (SSSR count). The number of guanidine groups is 1. The van der Waals surface area contributed by atoms with Crippen molar-refractivity contribution in [3.63, 3.8) is 0 Å². The van der Waals surface area contributed by atoms with E-state index in [9.17, 15) is 28.8 Å². The molecule has 0 fully saturated rings. The maximum Gasteiger partial charge on any atom is 0.325 e. The Bertz CT molecular complexity index is 799. The van der Waals surface area contributed by atoms with Gasteiger partial charge in [-0.1, -0.05) is 0 Å². The highest BCUT2D eigenvalue weighted by Crippen LogP contribution is 2.04. The first kappa shape index (κ1) is 30.1. The summed E-state index contributed by atoms with van der Waals surface area (Å²) in [6.07, 6.45) is -1.07. The maximum absolute atomic E-state index is 12.8. The van der Waals surface area contributed by atoms with Gasteiger partial charge in [0.2, 0.25) is 23.6 Å². The van der Waals surface area contributed by atoms with Gasteiger partial charge in [-0.05, 0) is 26.2 Å². The van der Waals surface area contributed by atoms with Gasteiger partial charge >= 0.3 is 11.9 Å². The first-order chi connectivity index (χ1) is 15.7. The van der Waals surface area contributed by atoms with Crippen molar-refractivity contribution in [3.05, 3.63) is 0 Å². The number of amides is 4. The summed E-state index contributed by atoms with van der Waals surface area (Å²) in [6.45, 7) is 1.33. The maximum atomic E-state index is 12.8. The first-order valence-corrected chi connectivity index (χ1v) is 10.2. The fourth-order valence-electron chi connectivity index (χ4n) is 2.54. The molecule has 0 bridgehead atoms. The quantitative estimate of drug-likeness (QED) is 0.0568. The number of carboxylic acids is 2. The molecule has 4 amide bonds. The second-order valence-electron chi connectivity index (χ2n) is 7.35. The van der Waals surface area contributed by atoms with Crippen LogP contribution in [-0.2, 0) is 28.8 Å². The second kappa shape index (κ2) is 15.0. The SMILES string of the molecule is CC(NC(=O)C(CCCN=C(N)N)NC(=O)C(CCC(N)=O)NC(=O)C(N)CC(=O)O)C(=O)O. The van der Waals surface area contributed by atoms with Crippen molar-refractivity contribution in [2.45, 2.75) is 63.2 Å². The summed E-state index contributed by atoms with van der Waals surface area (Å²) in [4.78, 5) is 74.2. The molecule has 0 aromatic heterocycles. The molecular formula is C18H32N8O8. The van der Waals surface area contributed by atoms with E-state index in [4.69, 9.17) is 33.1 Å². The molecule has 16 heteroatoms. The number of aliphatic imine (C=N–C) groups is 1.